The molecule has 4 fully saturated rings. The molecular formula is C27H43NO3. The molecule has 6 aliphatic rings. The normalized spacial score (nSPS) is 56.9. The van der Waals surface area contributed by atoms with E-state index in [0.717, 1.165) is 45.2 Å². The lowest BCUT2D eigenvalue weighted by Crippen LogP contribution is -2.63. The third-order valence-electron chi connectivity index (χ3n) is 11.3. The molecule has 174 valence electrons. The lowest BCUT2D eigenvalue weighted by atomic mass is 9.57. The number of fused-ring (bicyclic) bond motifs is 7. The van der Waals surface area contributed by atoms with Gasteiger partial charge in [0.2, 0.25) is 0 Å². The molecule has 0 radical (unpaired) electrons. The van der Waals surface area contributed by atoms with Crippen LogP contribution in [0.15, 0.2) is 11.1 Å². The Bertz CT molecular complexity index is 764. The van der Waals surface area contributed by atoms with Crippen molar-refractivity contribution in [3.8, 4) is 0 Å². The summed E-state index contributed by atoms with van der Waals surface area (Å²) in [6.45, 7) is 9.26. The van der Waals surface area contributed by atoms with Gasteiger partial charge in [-0.05, 0) is 104 Å². The van der Waals surface area contributed by atoms with Crippen molar-refractivity contribution >= 4 is 0 Å². The SMILES string of the molecule is C[C@@H]1C[C@H](O)[C@H]2[C@H](C)[C@H]3CC[C@H]4C5=C([C@H](O)[C@H]4[C@@H]3CN2C1)[C@@]1(C)CC[C@H](O)C[C@H]1CC5. The van der Waals surface area contributed by atoms with Crippen molar-refractivity contribution in [3.63, 3.8) is 0 Å². The summed E-state index contributed by atoms with van der Waals surface area (Å²) in [5.41, 5.74) is 3.15. The van der Waals surface area contributed by atoms with Crippen molar-refractivity contribution in [1.82, 2.24) is 4.90 Å². The number of rotatable bonds is 0. The molecule has 2 saturated carbocycles. The summed E-state index contributed by atoms with van der Waals surface area (Å²) in [4.78, 5) is 2.61. The minimum atomic E-state index is -0.285. The van der Waals surface area contributed by atoms with Gasteiger partial charge < -0.3 is 15.3 Å². The number of piperidine rings is 2. The van der Waals surface area contributed by atoms with Gasteiger partial charge in [-0.3, -0.25) is 4.90 Å². The first kappa shape index (κ1) is 21.1. The van der Waals surface area contributed by atoms with Crippen LogP contribution in [0.3, 0.4) is 0 Å². The highest BCUT2D eigenvalue weighted by atomic mass is 16.3. The van der Waals surface area contributed by atoms with E-state index in [1.54, 1.807) is 5.57 Å². The van der Waals surface area contributed by atoms with Gasteiger partial charge in [0.25, 0.3) is 0 Å². The Hall–Kier alpha value is -0.420. The number of allylic oxidation sites excluding steroid dienone is 1. The maximum absolute atomic E-state index is 11.9. The second-order valence-corrected chi connectivity index (χ2v) is 12.8. The molecule has 0 spiro atoms. The summed E-state index contributed by atoms with van der Waals surface area (Å²) in [6.07, 6.45) is 8.02. The number of hydrogen-bond donors (Lipinski definition) is 3. The minimum Gasteiger partial charge on any atom is -0.393 e. The van der Waals surface area contributed by atoms with Gasteiger partial charge in [0.05, 0.1) is 18.3 Å². The first-order chi connectivity index (χ1) is 14.8. The zero-order valence-electron chi connectivity index (χ0n) is 19.7. The van der Waals surface area contributed by atoms with E-state index in [1.807, 2.05) is 0 Å². The molecule has 4 aliphatic carbocycles. The fourth-order valence-corrected chi connectivity index (χ4v) is 10.0. The second kappa shape index (κ2) is 7.29. The minimum absolute atomic E-state index is 0.0950. The van der Waals surface area contributed by atoms with Crippen LogP contribution in [-0.4, -0.2) is 57.7 Å². The monoisotopic (exact) mass is 429 g/mol. The van der Waals surface area contributed by atoms with E-state index in [9.17, 15) is 15.3 Å². The molecule has 0 aromatic carbocycles. The fraction of sp³-hybridized carbons (Fsp3) is 0.926. The zero-order valence-corrected chi connectivity index (χ0v) is 19.7. The molecule has 2 aliphatic heterocycles. The summed E-state index contributed by atoms with van der Waals surface area (Å²) in [7, 11) is 0. The molecule has 6 rings (SSSR count). The number of hydrogen-bond acceptors (Lipinski definition) is 4. The van der Waals surface area contributed by atoms with Crippen molar-refractivity contribution in [3.05, 3.63) is 11.1 Å². The highest BCUT2D eigenvalue weighted by Crippen LogP contribution is 2.64. The van der Waals surface area contributed by atoms with Crippen molar-refractivity contribution in [2.45, 2.75) is 96.5 Å². The summed E-state index contributed by atoms with van der Waals surface area (Å²) < 4.78 is 0. The molecule has 2 heterocycles. The van der Waals surface area contributed by atoms with Crippen molar-refractivity contribution < 1.29 is 15.3 Å². The average molecular weight is 430 g/mol. The molecule has 4 nitrogen and oxygen atoms in total. The Morgan fingerprint density at radius 1 is 0.935 bits per heavy atom. The van der Waals surface area contributed by atoms with E-state index in [2.05, 4.69) is 25.7 Å². The predicted octanol–water partition coefficient (Wildman–Crippen LogP) is 3.60. The predicted molar refractivity (Wildman–Crippen MR) is 121 cm³/mol. The lowest BCUT2D eigenvalue weighted by Gasteiger charge is -2.57. The maximum atomic E-state index is 11.9. The van der Waals surface area contributed by atoms with E-state index >= 15 is 0 Å². The van der Waals surface area contributed by atoms with Gasteiger partial charge in [0.1, 0.15) is 0 Å². The van der Waals surface area contributed by atoms with E-state index in [-0.39, 0.29) is 23.7 Å². The Balaban J connectivity index is 1.32. The number of aliphatic hydroxyl groups excluding tert-OH is 3. The van der Waals surface area contributed by atoms with Crippen molar-refractivity contribution in [2.24, 2.45) is 46.8 Å². The topological polar surface area (TPSA) is 63.9 Å². The molecule has 0 bridgehead atoms. The van der Waals surface area contributed by atoms with Crippen LogP contribution in [0.25, 0.3) is 0 Å². The lowest BCUT2D eigenvalue weighted by molar-refractivity contribution is -0.126. The molecule has 0 aromatic heterocycles. The molecule has 0 unspecified atom stereocenters. The maximum Gasteiger partial charge on any atom is 0.0795 e. The Labute approximate surface area is 188 Å². The Kier molecular flexibility index (Phi) is 4.97. The Morgan fingerprint density at radius 3 is 2.55 bits per heavy atom. The second-order valence-electron chi connectivity index (χ2n) is 12.8. The summed E-state index contributed by atoms with van der Waals surface area (Å²) in [5, 5.41) is 33.1. The fourth-order valence-electron chi connectivity index (χ4n) is 10.0. The smallest absolute Gasteiger partial charge is 0.0795 e. The molecule has 2 saturated heterocycles. The van der Waals surface area contributed by atoms with E-state index in [0.29, 0.717) is 47.5 Å². The molecule has 3 N–H and O–H groups in total. The quantitative estimate of drug-likeness (QED) is 0.515. The summed E-state index contributed by atoms with van der Waals surface area (Å²) in [6, 6.07) is 0.317. The first-order valence-corrected chi connectivity index (χ1v) is 13.3. The highest BCUT2D eigenvalue weighted by molar-refractivity contribution is 5.39. The van der Waals surface area contributed by atoms with Crippen LogP contribution in [-0.2, 0) is 0 Å². The zero-order chi connectivity index (χ0) is 21.7. The number of aliphatic hydroxyl groups is 3. The molecule has 12 atom stereocenters. The largest absolute Gasteiger partial charge is 0.393 e. The summed E-state index contributed by atoms with van der Waals surface area (Å²) in [5.74, 6) is 3.75. The van der Waals surface area contributed by atoms with Crippen LogP contribution >= 0.6 is 0 Å². The van der Waals surface area contributed by atoms with Crippen molar-refractivity contribution in [2.75, 3.05) is 13.1 Å². The molecule has 0 aromatic rings. The molecular weight excluding hydrogens is 386 g/mol. The van der Waals surface area contributed by atoms with Gasteiger partial charge >= 0.3 is 0 Å². The van der Waals surface area contributed by atoms with Crippen LogP contribution in [0.2, 0.25) is 0 Å². The third-order valence-corrected chi connectivity index (χ3v) is 11.3. The van der Waals surface area contributed by atoms with Crippen molar-refractivity contribution in [1.29, 1.82) is 0 Å². The van der Waals surface area contributed by atoms with Gasteiger partial charge in [-0.2, -0.15) is 0 Å². The van der Waals surface area contributed by atoms with Crippen LogP contribution in [0.5, 0.6) is 0 Å². The van der Waals surface area contributed by atoms with Gasteiger partial charge in [0.15, 0.2) is 0 Å². The van der Waals surface area contributed by atoms with Crippen LogP contribution in [0, 0.1) is 46.8 Å². The number of nitrogens with zero attached hydrogens (tertiary/aromatic N) is 1. The van der Waals surface area contributed by atoms with Gasteiger partial charge in [-0.15, -0.1) is 0 Å². The van der Waals surface area contributed by atoms with E-state index < -0.39 is 0 Å². The first-order valence-electron chi connectivity index (χ1n) is 13.3. The summed E-state index contributed by atoms with van der Waals surface area (Å²) >= 11 is 0. The van der Waals surface area contributed by atoms with Crippen LogP contribution < -0.4 is 0 Å². The third kappa shape index (κ3) is 2.93. The van der Waals surface area contributed by atoms with Crippen LogP contribution in [0.4, 0.5) is 0 Å². The van der Waals surface area contributed by atoms with Gasteiger partial charge in [-0.1, -0.05) is 26.3 Å². The average Bonchev–Trinajstić information content (AvgIpc) is 3.01. The Morgan fingerprint density at radius 2 is 1.74 bits per heavy atom. The highest BCUT2D eigenvalue weighted by Gasteiger charge is 2.60. The van der Waals surface area contributed by atoms with Crippen LogP contribution in [0.1, 0.15) is 72.1 Å². The molecule has 31 heavy (non-hydrogen) atoms. The van der Waals surface area contributed by atoms with E-state index in [4.69, 9.17) is 0 Å². The van der Waals surface area contributed by atoms with Gasteiger partial charge in [0, 0.05) is 19.1 Å². The molecule has 4 heteroatoms. The molecule has 0 amide bonds. The van der Waals surface area contributed by atoms with E-state index in [1.165, 1.54) is 24.8 Å². The standard InChI is InChI=1S/C27H43NO3/c1-14-10-22(30)25-15(2)18-6-7-19-20-5-4-16-11-17(29)8-9-27(16,3)24(20)26(31)23(19)21(18)13-28(25)12-14/h14-19,21-23,25-26,29-31H,4-13H2,1-3H3/t14-,15-,16-,17+,18-,19+,21-,22+,23-,25-,26-,27+/m1/s1. The van der Waals surface area contributed by atoms with Gasteiger partial charge in [-0.25, -0.2) is 0 Å².